The standard InChI is InChI=1S/C9H7ClFN3O/c10-7-2-1-6(3-8(7)11)12-4-9-13-5-14-15-9/h1-3,5,12H,4H2. The monoisotopic (exact) mass is 227 g/mol. The predicted molar refractivity (Wildman–Crippen MR) is 53.0 cm³/mol. The molecular weight excluding hydrogens is 221 g/mol. The number of halogens is 2. The van der Waals surface area contributed by atoms with E-state index >= 15 is 0 Å². The zero-order chi connectivity index (χ0) is 10.7. The van der Waals surface area contributed by atoms with Crippen molar-refractivity contribution in [1.29, 1.82) is 0 Å². The Morgan fingerprint density at radius 3 is 3.00 bits per heavy atom. The van der Waals surface area contributed by atoms with Crippen LogP contribution in [0.25, 0.3) is 0 Å². The van der Waals surface area contributed by atoms with Gasteiger partial charge in [0, 0.05) is 5.69 Å². The minimum absolute atomic E-state index is 0.0957. The molecule has 15 heavy (non-hydrogen) atoms. The van der Waals surface area contributed by atoms with E-state index < -0.39 is 5.82 Å². The van der Waals surface area contributed by atoms with E-state index in [1.54, 1.807) is 6.07 Å². The maximum atomic E-state index is 13.0. The molecule has 1 aromatic heterocycles. The summed E-state index contributed by atoms with van der Waals surface area (Å²) < 4.78 is 17.8. The quantitative estimate of drug-likeness (QED) is 0.875. The van der Waals surface area contributed by atoms with Crippen LogP contribution >= 0.6 is 11.6 Å². The van der Waals surface area contributed by atoms with Crippen molar-refractivity contribution in [3.05, 3.63) is 41.3 Å². The zero-order valence-electron chi connectivity index (χ0n) is 7.58. The summed E-state index contributed by atoms with van der Waals surface area (Å²) in [5, 5.41) is 6.46. The van der Waals surface area contributed by atoms with Crippen LogP contribution in [0.15, 0.2) is 29.0 Å². The molecule has 0 atom stereocenters. The fraction of sp³-hybridized carbons (Fsp3) is 0.111. The highest BCUT2D eigenvalue weighted by atomic mass is 35.5. The van der Waals surface area contributed by atoms with E-state index in [2.05, 4.69) is 15.5 Å². The van der Waals surface area contributed by atoms with Gasteiger partial charge in [-0.05, 0) is 18.2 Å². The fourth-order valence-electron chi connectivity index (χ4n) is 1.06. The summed E-state index contributed by atoms with van der Waals surface area (Å²) in [4.78, 5) is 3.81. The van der Waals surface area contributed by atoms with Crippen LogP contribution < -0.4 is 5.32 Å². The lowest BCUT2D eigenvalue weighted by atomic mass is 10.3. The van der Waals surface area contributed by atoms with Gasteiger partial charge in [-0.25, -0.2) is 4.39 Å². The van der Waals surface area contributed by atoms with Gasteiger partial charge in [-0.15, -0.1) is 0 Å². The number of anilines is 1. The highest BCUT2D eigenvalue weighted by molar-refractivity contribution is 6.30. The second kappa shape index (κ2) is 4.27. The molecule has 0 saturated carbocycles. The minimum Gasteiger partial charge on any atom is -0.376 e. The van der Waals surface area contributed by atoms with E-state index in [1.165, 1.54) is 18.5 Å². The Hall–Kier alpha value is -1.62. The lowest BCUT2D eigenvalue weighted by Gasteiger charge is -2.03. The number of nitrogens with zero attached hydrogens (tertiary/aromatic N) is 2. The molecule has 0 aliphatic heterocycles. The molecule has 4 nitrogen and oxygen atoms in total. The molecule has 1 N–H and O–H groups in total. The third kappa shape index (κ3) is 2.44. The summed E-state index contributed by atoms with van der Waals surface area (Å²) in [5.74, 6) is -0.0300. The maximum absolute atomic E-state index is 13.0. The number of aromatic nitrogens is 2. The highest BCUT2D eigenvalue weighted by Crippen LogP contribution is 2.18. The number of benzene rings is 1. The first-order valence-electron chi connectivity index (χ1n) is 4.20. The van der Waals surface area contributed by atoms with Gasteiger partial charge in [0.15, 0.2) is 6.33 Å². The zero-order valence-corrected chi connectivity index (χ0v) is 8.33. The van der Waals surface area contributed by atoms with Gasteiger partial charge in [-0.1, -0.05) is 16.8 Å². The van der Waals surface area contributed by atoms with Gasteiger partial charge in [0.2, 0.25) is 5.89 Å². The molecule has 0 bridgehead atoms. The van der Waals surface area contributed by atoms with Crippen LogP contribution in [-0.4, -0.2) is 10.1 Å². The van der Waals surface area contributed by atoms with Crippen molar-refractivity contribution >= 4 is 17.3 Å². The van der Waals surface area contributed by atoms with Crippen LogP contribution in [-0.2, 0) is 6.54 Å². The molecule has 0 spiro atoms. The smallest absolute Gasteiger partial charge is 0.245 e. The molecule has 1 heterocycles. The molecule has 6 heteroatoms. The Bertz CT molecular complexity index is 447. The van der Waals surface area contributed by atoms with Crippen LogP contribution in [0.4, 0.5) is 10.1 Å². The van der Waals surface area contributed by atoms with E-state index in [1.807, 2.05) is 0 Å². The van der Waals surface area contributed by atoms with Gasteiger partial charge in [0.1, 0.15) is 5.82 Å². The topological polar surface area (TPSA) is 51.0 Å². The predicted octanol–water partition coefficient (Wildman–Crippen LogP) is 2.47. The van der Waals surface area contributed by atoms with Crippen molar-refractivity contribution in [3.8, 4) is 0 Å². The first kappa shape index (κ1) is 9.92. The van der Waals surface area contributed by atoms with Gasteiger partial charge >= 0.3 is 0 Å². The molecular formula is C9H7ClFN3O. The van der Waals surface area contributed by atoms with Crippen molar-refractivity contribution in [2.24, 2.45) is 0 Å². The third-order valence-electron chi connectivity index (χ3n) is 1.77. The van der Waals surface area contributed by atoms with Gasteiger partial charge in [0.05, 0.1) is 11.6 Å². The maximum Gasteiger partial charge on any atom is 0.245 e. The van der Waals surface area contributed by atoms with Gasteiger partial charge < -0.3 is 9.84 Å². The molecule has 1 aromatic carbocycles. The third-order valence-corrected chi connectivity index (χ3v) is 2.08. The van der Waals surface area contributed by atoms with Crippen molar-refractivity contribution in [2.75, 3.05) is 5.32 Å². The lowest BCUT2D eigenvalue weighted by Crippen LogP contribution is -1.99. The van der Waals surface area contributed by atoms with Crippen LogP contribution in [0, 0.1) is 5.82 Å². The summed E-state index contributed by atoms with van der Waals surface area (Å²) in [6.45, 7) is 0.348. The molecule has 0 aliphatic rings. The van der Waals surface area contributed by atoms with Crippen molar-refractivity contribution in [3.63, 3.8) is 0 Å². The van der Waals surface area contributed by atoms with Gasteiger partial charge in [-0.2, -0.15) is 4.98 Å². The van der Waals surface area contributed by atoms with Crippen LogP contribution in [0.1, 0.15) is 5.89 Å². The second-order valence-electron chi connectivity index (χ2n) is 2.82. The first-order chi connectivity index (χ1) is 7.25. The summed E-state index contributed by atoms with van der Waals surface area (Å²) in [6.07, 6.45) is 1.31. The normalized spacial score (nSPS) is 10.3. The summed E-state index contributed by atoms with van der Waals surface area (Å²) in [5.41, 5.74) is 0.607. The molecule has 2 aromatic rings. The fourth-order valence-corrected chi connectivity index (χ4v) is 1.18. The Kier molecular flexibility index (Phi) is 2.82. The first-order valence-corrected chi connectivity index (χ1v) is 4.58. The largest absolute Gasteiger partial charge is 0.376 e. The second-order valence-corrected chi connectivity index (χ2v) is 3.22. The molecule has 0 fully saturated rings. The Balaban J connectivity index is 2.02. The molecule has 78 valence electrons. The van der Waals surface area contributed by atoms with Gasteiger partial charge in [-0.3, -0.25) is 0 Å². The van der Waals surface area contributed by atoms with Crippen molar-refractivity contribution < 1.29 is 8.91 Å². The van der Waals surface area contributed by atoms with E-state index in [9.17, 15) is 4.39 Å². The summed E-state index contributed by atoms with van der Waals surface area (Å²) >= 11 is 5.54. The Labute approximate surface area is 90.1 Å². The Morgan fingerprint density at radius 2 is 2.33 bits per heavy atom. The minimum atomic E-state index is -0.466. The average Bonchev–Trinajstić information content (AvgIpc) is 2.73. The van der Waals surface area contributed by atoms with E-state index in [-0.39, 0.29) is 5.02 Å². The molecule has 0 radical (unpaired) electrons. The van der Waals surface area contributed by atoms with Gasteiger partial charge in [0.25, 0.3) is 0 Å². The van der Waals surface area contributed by atoms with E-state index in [0.717, 1.165) is 0 Å². The molecule has 0 unspecified atom stereocenters. The van der Waals surface area contributed by atoms with Crippen molar-refractivity contribution in [1.82, 2.24) is 10.1 Å². The van der Waals surface area contributed by atoms with E-state index in [4.69, 9.17) is 16.1 Å². The van der Waals surface area contributed by atoms with Crippen LogP contribution in [0.3, 0.4) is 0 Å². The van der Waals surface area contributed by atoms with E-state index in [0.29, 0.717) is 18.1 Å². The Morgan fingerprint density at radius 1 is 1.47 bits per heavy atom. The lowest BCUT2D eigenvalue weighted by molar-refractivity contribution is 0.382. The number of nitrogens with one attached hydrogen (secondary N) is 1. The molecule has 0 saturated heterocycles. The number of hydrogen-bond acceptors (Lipinski definition) is 4. The molecule has 0 amide bonds. The highest BCUT2D eigenvalue weighted by Gasteiger charge is 2.02. The number of hydrogen-bond donors (Lipinski definition) is 1. The van der Waals surface area contributed by atoms with Crippen LogP contribution in [0.2, 0.25) is 5.02 Å². The van der Waals surface area contributed by atoms with Crippen molar-refractivity contribution in [2.45, 2.75) is 6.54 Å². The van der Waals surface area contributed by atoms with Crippen LogP contribution in [0.5, 0.6) is 0 Å². The molecule has 2 rings (SSSR count). The summed E-state index contributed by atoms with van der Waals surface area (Å²) in [7, 11) is 0. The number of rotatable bonds is 3. The summed E-state index contributed by atoms with van der Waals surface area (Å²) in [6, 6.07) is 4.45. The average molecular weight is 228 g/mol. The molecule has 0 aliphatic carbocycles. The SMILES string of the molecule is Fc1cc(NCc2ncno2)ccc1Cl.